The molecule has 0 fully saturated rings. The van der Waals surface area contributed by atoms with Gasteiger partial charge in [-0.25, -0.2) is 14.2 Å². The number of carboxylic acids is 1. The third kappa shape index (κ3) is 8.36. The molecule has 0 aliphatic rings. The van der Waals surface area contributed by atoms with E-state index >= 15 is 4.39 Å². The Bertz CT molecular complexity index is 1350. The lowest BCUT2D eigenvalue weighted by Gasteiger charge is -2.20. The Morgan fingerprint density at radius 1 is 1.15 bits per heavy atom. The summed E-state index contributed by atoms with van der Waals surface area (Å²) in [7, 11) is 0. The number of carboxylic acid groups (broad SMARTS) is 1. The van der Waals surface area contributed by atoms with Gasteiger partial charge in [0.05, 0.1) is 21.8 Å². The third-order valence-corrected chi connectivity index (χ3v) is 7.69. The van der Waals surface area contributed by atoms with Crippen molar-refractivity contribution in [3.8, 4) is 11.3 Å². The molecule has 6 nitrogen and oxygen atoms in total. The van der Waals surface area contributed by atoms with E-state index in [9.17, 15) is 9.59 Å². The summed E-state index contributed by atoms with van der Waals surface area (Å²) in [6.07, 6.45) is 6.76. The third-order valence-electron chi connectivity index (χ3n) is 6.30. The molecule has 0 saturated heterocycles. The lowest BCUT2D eigenvalue weighted by atomic mass is 9.99. The molecule has 0 aliphatic carbocycles. The molecule has 10 heteroatoms. The van der Waals surface area contributed by atoms with Crippen molar-refractivity contribution in [2.45, 2.75) is 65.4 Å². The number of aliphatic carboxylic acids is 1. The van der Waals surface area contributed by atoms with Crippen LogP contribution < -0.4 is 5.32 Å². The minimum absolute atomic E-state index is 0.0485. The van der Waals surface area contributed by atoms with Gasteiger partial charge in [-0.1, -0.05) is 74.9 Å². The lowest BCUT2D eigenvalue weighted by Crippen LogP contribution is -2.12. The Balaban J connectivity index is 1.80. The number of benzene rings is 2. The topological polar surface area (TPSA) is 88.5 Å². The zero-order valence-corrected chi connectivity index (χ0v) is 25.1. The van der Waals surface area contributed by atoms with Crippen molar-refractivity contribution in [3.05, 3.63) is 73.8 Å². The summed E-state index contributed by atoms with van der Waals surface area (Å²) < 4.78 is 21.8. The monoisotopic (exact) mass is 606 g/mol. The minimum atomic E-state index is -1.11. The molecule has 3 rings (SSSR count). The normalized spacial score (nSPS) is 12.4. The number of ether oxygens (including phenoxy) is 1. The number of nitrogens with zero attached hydrogens (tertiary/aromatic N) is 1. The van der Waals surface area contributed by atoms with Crippen molar-refractivity contribution >= 4 is 57.6 Å². The molecule has 2 N–H and O–H groups in total. The fourth-order valence-electron chi connectivity index (χ4n) is 4.05. The van der Waals surface area contributed by atoms with Crippen LogP contribution in [0.25, 0.3) is 17.3 Å². The Labute approximate surface area is 248 Å². The molecule has 0 spiro atoms. The van der Waals surface area contributed by atoms with Crippen molar-refractivity contribution < 1.29 is 23.8 Å². The van der Waals surface area contributed by atoms with Crippen LogP contribution in [-0.4, -0.2) is 28.6 Å². The molecule has 1 atom stereocenters. The number of hydrogen-bond donors (Lipinski definition) is 2. The van der Waals surface area contributed by atoms with E-state index in [0.29, 0.717) is 29.0 Å². The van der Waals surface area contributed by atoms with E-state index < -0.39 is 11.9 Å². The van der Waals surface area contributed by atoms with Gasteiger partial charge in [0.2, 0.25) is 0 Å². The maximum atomic E-state index is 15.7. The van der Waals surface area contributed by atoms with Crippen LogP contribution in [0.3, 0.4) is 0 Å². The van der Waals surface area contributed by atoms with Crippen LogP contribution in [0.2, 0.25) is 10.0 Å². The number of carbonyl (C=O) groups excluding carboxylic acids is 1. The number of unbranched alkanes of at least 4 members (excludes halogenated alkanes) is 3. The van der Waals surface area contributed by atoms with Crippen molar-refractivity contribution in [1.82, 2.24) is 4.98 Å². The second kappa shape index (κ2) is 15.3. The average molecular weight is 608 g/mol. The molecule has 1 heterocycles. The number of nitrogens with one attached hydrogen (secondary N) is 1. The number of aromatic nitrogens is 1. The number of rotatable bonds is 14. The number of hydrogen-bond acceptors (Lipinski definition) is 5. The van der Waals surface area contributed by atoms with Crippen molar-refractivity contribution in [1.29, 1.82) is 0 Å². The molecule has 0 saturated carbocycles. The Hall–Kier alpha value is -2.78. The first-order valence-electron chi connectivity index (χ1n) is 13.2. The predicted molar refractivity (Wildman–Crippen MR) is 161 cm³/mol. The highest BCUT2D eigenvalue weighted by molar-refractivity contribution is 7.14. The molecule has 1 unspecified atom stereocenters. The summed E-state index contributed by atoms with van der Waals surface area (Å²) in [6, 6.07) is 8.03. The first kappa shape index (κ1) is 31.7. The largest absolute Gasteiger partial charge is 0.478 e. The van der Waals surface area contributed by atoms with E-state index in [0.717, 1.165) is 38.5 Å². The maximum absolute atomic E-state index is 15.7. The lowest BCUT2D eigenvalue weighted by molar-refractivity contribution is -0.132. The molecule has 40 heavy (non-hydrogen) atoms. The van der Waals surface area contributed by atoms with E-state index in [1.807, 2.05) is 0 Å². The SMILES string of the molecule is CCCCCOC(CCCC)c1cccc(-c2csc(NC(=O)c3cc(Cl)c(/C=C(\C)C(=O)O)c(Cl)c3)n2)c1F. The number of thiazole rings is 1. The fourth-order valence-corrected chi connectivity index (χ4v) is 5.35. The molecule has 0 bridgehead atoms. The van der Waals surface area contributed by atoms with Gasteiger partial charge in [0.15, 0.2) is 5.13 Å². The molecule has 0 aliphatic heterocycles. The van der Waals surface area contributed by atoms with Crippen LogP contribution in [-0.2, 0) is 9.53 Å². The van der Waals surface area contributed by atoms with Gasteiger partial charge in [-0.3, -0.25) is 10.1 Å². The van der Waals surface area contributed by atoms with Crippen LogP contribution in [0, 0.1) is 5.82 Å². The molecule has 1 aromatic heterocycles. The van der Waals surface area contributed by atoms with Crippen molar-refractivity contribution in [2.75, 3.05) is 11.9 Å². The second-order valence-electron chi connectivity index (χ2n) is 9.40. The highest BCUT2D eigenvalue weighted by atomic mass is 35.5. The van der Waals surface area contributed by atoms with Gasteiger partial charge in [-0.15, -0.1) is 11.3 Å². The first-order chi connectivity index (χ1) is 19.2. The van der Waals surface area contributed by atoms with Gasteiger partial charge < -0.3 is 9.84 Å². The van der Waals surface area contributed by atoms with Crippen LogP contribution in [0.5, 0.6) is 0 Å². The molecule has 3 aromatic rings. The Morgan fingerprint density at radius 2 is 1.85 bits per heavy atom. The van der Waals surface area contributed by atoms with Crippen molar-refractivity contribution in [2.24, 2.45) is 0 Å². The van der Waals surface area contributed by atoms with Crippen LogP contribution >= 0.6 is 34.5 Å². The van der Waals surface area contributed by atoms with Gasteiger partial charge in [0.1, 0.15) is 5.82 Å². The van der Waals surface area contributed by atoms with E-state index in [4.69, 9.17) is 33.0 Å². The number of halogens is 3. The molecule has 0 radical (unpaired) electrons. The van der Waals surface area contributed by atoms with Crippen LogP contribution in [0.1, 0.15) is 86.9 Å². The molecule has 2 aromatic carbocycles. The number of anilines is 1. The zero-order chi connectivity index (χ0) is 29.2. The smallest absolute Gasteiger partial charge is 0.331 e. The van der Waals surface area contributed by atoms with Crippen LogP contribution in [0.15, 0.2) is 41.3 Å². The second-order valence-corrected chi connectivity index (χ2v) is 11.1. The van der Waals surface area contributed by atoms with Gasteiger partial charge in [0, 0.05) is 39.8 Å². The van der Waals surface area contributed by atoms with Gasteiger partial charge in [-0.2, -0.15) is 0 Å². The molecular weight excluding hydrogens is 574 g/mol. The zero-order valence-electron chi connectivity index (χ0n) is 22.7. The summed E-state index contributed by atoms with van der Waals surface area (Å²) in [6.45, 7) is 6.23. The summed E-state index contributed by atoms with van der Waals surface area (Å²) >= 11 is 13.7. The molecule has 214 valence electrons. The standard InChI is InChI=1S/C30H33Cl2FN2O4S/c1-4-6-8-13-39-26(12-7-5-2)21-11-9-10-20(27(21)33)25-17-40-30(34-25)35-28(36)19-15-23(31)22(24(32)16-19)14-18(3)29(37)38/h9-11,14-17,26H,4-8,12-13H2,1-3H3,(H,37,38)(H,34,35,36)/b18-14+. The summed E-state index contributed by atoms with van der Waals surface area (Å²) in [5, 5.41) is 14.0. The average Bonchev–Trinajstić information content (AvgIpc) is 3.38. The maximum Gasteiger partial charge on any atom is 0.331 e. The van der Waals surface area contributed by atoms with Crippen LogP contribution in [0.4, 0.5) is 9.52 Å². The van der Waals surface area contributed by atoms with E-state index in [2.05, 4.69) is 24.1 Å². The summed E-state index contributed by atoms with van der Waals surface area (Å²) in [5.41, 5.74) is 1.77. The van der Waals surface area contributed by atoms with E-state index in [-0.39, 0.29) is 38.2 Å². The number of amides is 1. The number of carbonyl (C=O) groups is 2. The molecule has 1 amide bonds. The Kier molecular flexibility index (Phi) is 12.1. The first-order valence-corrected chi connectivity index (χ1v) is 14.9. The van der Waals surface area contributed by atoms with Gasteiger partial charge >= 0.3 is 5.97 Å². The predicted octanol–water partition coefficient (Wildman–Crippen LogP) is 9.43. The van der Waals surface area contributed by atoms with E-state index in [1.165, 1.54) is 36.5 Å². The summed E-state index contributed by atoms with van der Waals surface area (Å²) in [5.74, 6) is -1.99. The summed E-state index contributed by atoms with van der Waals surface area (Å²) in [4.78, 5) is 28.5. The van der Waals surface area contributed by atoms with Gasteiger partial charge in [0.25, 0.3) is 5.91 Å². The van der Waals surface area contributed by atoms with Crippen molar-refractivity contribution in [3.63, 3.8) is 0 Å². The van der Waals surface area contributed by atoms with Gasteiger partial charge in [-0.05, 0) is 44.0 Å². The highest BCUT2D eigenvalue weighted by Gasteiger charge is 2.21. The van der Waals surface area contributed by atoms with E-state index in [1.54, 1.807) is 23.6 Å². The molecular formula is C30H33Cl2FN2O4S. The highest BCUT2D eigenvalue weighted by Crippen LogP contribution is 2.34. The Morgan fingerprint density at radius 3 is 2.50 bits per heavy atom. The quantitative estimate of drug-likeness (QED) is 0.141. The minimum Gasteiger partial charge on any atom is -0.478 e. The fraction of sp³-hybridized carbons (Fsp3) is 0.367.